The smallest absolute Gasteiger partial charge is 0.295 e. The van der Waals surface area contributed by atoms with Gasteiger partial charge in [-0.2, -0.15) is 9.41 Å². The summed E-state index contributed by atoms with van der Waals surface area (Å²) in [5.74, 6) is -0.209. The second-order valence-corrected chi connectivity index (χ2v) is 9.22. The largest absolute Gasteiger partial charge is 0.325 e. The number of carbonyl (C=O) groups is 1. The highest BCUT2D eigenvalue weighted by atomic mass is 79.9. The summed E-state index contributed by atoms with van der Waals surface area (Å²) in [6.45, 7) is 2.13. The quantitative estimate of drug-likeness (QED) is 0.458. The predicted octanol–water partition coefficient (Wildman–Crippen LogP) is -0.116. The van der Waals surface area contributed by atoms with Crippen molar-refractivity contribution in [3.05, 3.63) is 58.8 Å². The Bertz CT molecular complexity index is 927. The summed E-state index contributed by atoms with van der Waals surface area (Å²) < 4.78 is 27.7. The zero-order valence-corrected chi connectivity index (χ0v) is 17.5. The molecule has 1 aliphatic heterocycles. The van der Waals surface area contributed by atoms with Gasteiger partial charge >= 0.3 is 0 Å². The second-order valence-electron chi connectivity index (χ2n) is 6.36. The Labute approximate surface area is 172 Å². The van der Waals surface area contributed by atoms with Crippen LogP contribution in [0.5, 0.6) is 0 Å². The van der Waals surface area contributed by atoms with E-state index in [0.717, 1.165) is 14.9 Å². The van der Waals surface area contributed by atoms with E-state index in [1.807, 2.05) is 6.07 Å². The number of halogens is 1. The Hall–Kier alpha value is -2.14. The topological polar surface area (TPSA) is 96.2 Å². The number of pyridine rings is 1. The molecule has 10 heteroatoms. The van der Waals surface area contributed by atoms with Gasteiger partial charge in [-0.3, -0.25) is 9.78 Å². The molecule has 3 rings (SSSR count). The van der Waals surface area contributed by atoms with Gasteiger partial charge in [-0.15, -0.1) is 0 Å². The van der Waals surface area contributed by atoms with Crippen molar-refractivity contribution in [1.29, 1.82) is 0 Å². The summed E-state index contributed by atoms with van der Waals surface area (Å²) in [5.41, 5.74) is 3.29. The van der Waals surface area contributed by atoms with Gasteiger partial charge in [0.05, 0.1) is 37.3 Å². The van der Waals surface area contributed by atoms with E-state index in [-0.39, 0.29) is 17.3 Å². The lowest BCUT2D eigenvalue weighted by Gasteiger charge is -2.31. The van der Waals surface area contributed by atoms with Crippen LogP contribution in [0.4, 0.5) is 0 Å². The van der Waals surface area contributed by atoms with Gasteiger partial charge in [-0.1, -0.05) is 22.0 Å². The minimum Gasteiger partial charge on any atom is -0.325 e. The van der Waals surface area contributed by atoms with Crippen LogP contribution in [0.3, 0.4) is 0 Å². The number of quaternary nitrogens is 1. The maximum Gasteiger partial charge on any atom is 0.295 e. The number of sulfonamides is 1. The number of hydrogen-bond donors (Lipinski definition) is 2. The van der Waals surface area contributed by atoms with E-state index in [4.69, 9.17) is 0 Å². The van der Waals surface area contributed by atoms with E-state index in [9.17, 15) is 13.2 Å². The zero-order valence-electron chi connectivity index (χ0n) is 15.1. The van der Waals surface area contributed by atoms with Gasteiger partial charge in [0.2, 0.25) is 10.0 Å². The number of nitrogens with zero attached hydrogens (tertiary/aromatic N) is 3. The monoisotopic (exact) mass is 466 g/mol. The number of piperazine rings is 1. The Morgan fingerprint density at radius 2 is 1.96 bits per heavy atom. The minimum atomic E-state index is -3.51. The van der Waals surface area contributed by atoms with Crippen LogP contribution in [0.25, 0.3) is 0 Å². The number of aromatic nitrogens is 1. The first kappa shape index (κ1) is 20.6. The molecule has 1 aliphatic rings. The minimum absolute atomic E-state index is 0.209. The lowest BCUT2D eigenvalue weighted by Crippen LogP contribution is -3.15. The molecule has 0 bridgehead atoms. The summed E-state index contributed by atoms with van der Waals surface area (Å²) in [4.78, 5) is 17.3. The number of nitrogens with one attached hydrogen (secondary N) is 2. The second kappa shape index (κ2) is 9.37. The molecule has 148 valence electrons. The number of amides is 1. The highest BCUT2D eigenvalue weighted by Crippen LogP contribution is 2.18. The Morgan fingerprint density at radius 1 is 1.25 bits per heavy atom. The van der Waals surface area contributed by atoms with Gasteiger partial charge in [0.15, 0.2) is 6.54 Å². The molecule has 1 fully saturated rings. The van der Waals surface area contributed by atoms with Gasteiger partial charge in [0.1, 0.15) is 0 Å². The van der Waals surface area contributed by atoms with Crippen molar-refractivity contribution >= 4 is 38.1 Å². The van der Waals surface area contributed by atoms with Gasteiger partial charge < -0.3 is 4.90 Å². The van der Waals surface area contributed by atoms with E-state index >= 15 is 0 Å². The average Bonchev–Trinajstić information content (AvgIpc) is 2.69. The molecule has 0 spiro atoms. The van der Waals surface area contributed by atoms with E-state index < -0.39 is 10.0 Å². The van der Waals surface area contributed by atoms with Crippen molar-refractivity contribution < 1.29 is 18.1 Å². The van der Waals surface area contributed by atoms with E-state index in [0.29, 0.717) is 26.2 Å². The van der Waals surface area contributed by atoms with Crippen LogP contribution in [0.15, 0.2) is 63.3 Å². The van der Waals surface area contributed by atoms with Gasteiger partial charge in [0, 0.05) is 22.4 Å². The molecule has 8 nitrogen and oxygen atoms in total. The van der Waals surface area contributed by atoms with Crippen molar-refractivity contribution in [2.45, 2.75) is 4.90 Å². The van der Waals surface area contributed by atoms with E-state index in [2.05, 4.69) is 31.4 Å². The molecule has 1 saturated heterocycles. The fourth-order valence-electron chi connectivity index (χ4n) is 2.87. The van der Waals surface area contributed by atoms with Gasteiger partial charge in [0.25, 0.3) is 5.91 Å². The van der Waals surface area contributed by atoms with Crippen LogP contribution in [0, 0.1) is 0 Å². The summed E-state index contributed by atoms with van der Waals surface area (Å²) in [5, 5.41) is 3.92. The van der Waals surface area contributed by atoms with Crippen molar-refractivity contribution in [2.75, 3.05) is 32.7 Å². The summed E-state index contributed by atoms with van der Waals surface area (Å²) in [6, 6.07) is 10.2. The summed E-state index contributed by atoms with van der Waals surface area (Å²) in [7, 11) is -3.51. The van der Waals surface area contributed by atoms with Gasteiger partial charge in [-0.25, -0.2) is 13.8 Å². The summed E-state index contributed by atoms with van der Waals surface area (Å²) >= 11 is 3.31. The maximum absolute atomic E-state index is 12.7. The zero-order chi connectivity index (χ0) is 20.0. The van der Waals surface area contributed by atoms with Crippen LogP contribution < -0.4 is 10.3 Å². The first-order chi connectivity index (χ1) is 13.4. The highest BCUT2D eigenvalue weighted by molar-refractivity contribution is 9.10. The Morgan fingerprint density at radius 3 is 2.61 bits per heavy atom. The SMILES string of the molecule is O=C(C[NH+]1CCN(S(=O)(=O)c2ccc(Br)cc2)CC1)N/N=C\c1cccnc1. The molecule has 1 aromatic heterocycles. The Kier molecular flexibility index (Phi) is 6.89. The Balaban J connectivity index is 1.48. The van der Waals surface area contributed by atoms with Crippen LogP contribution >= 0.6 is 15.9 Å². The molecule has 0 saturated carbocycles. The number of rotatable bonds is 6. The average molecular weight is 467 g/mol. The third-order valence-corrected chi connectivity index (χ3v) is 6.82. The predicted molar refractivity (Wildman–Crippen MR) is 108 cm³/mol. The fraction of sp³-hybridized carbons (Fsp3) is 0.278. The van der Waals surface area contributed by atoms with Crippen LogP contribution in [-0.4, -0.2) is 62.6 Å². The number of carbonyl (C=O) groups excluding carboxylic acids is 1. The molecule has 28 heavy (non-hydrogen) atoms. The van der Waals surface area contributed by atoms with Crippen LogP contribution in [0.1, 0.15) is 5.56 Å². The van der Waals surface area contributed by atoms with Crippen LogP contribution in [0.2, 0.25) is 0 Å². The number of hydrazone groups is 1. The number of benzene rings is 1. The third kappa shape index (κ3) is 5.44. The van der Waals surface area contributed by atoms with E-state index in [1.54, 1.807) is 42.7 Å². The number of hydrogen-bond acceptors (Lipinski definition) is 5. The molecule has 1 amide bonds. The standard InChI is InChI=1S/C18H20BrN5O3S/c19-16-3-5-17(6-4-16)28(26,27)24-10-8-23(9-11-24)14-18(25)22-21-13-15-2-1-7-20-12-15/h1-7,12-13H,8-11,14H2,(H,22,25)/p+1/b21-13-. The van der Waals surface area contributed by atoms with Crippen molar-refractivity contribution in [2.24, 2.45) is 5.10 Å². The van der Waals surface area contributed by atoms with Gasteiger partial charge in [-0.05, 0) is 30.3 Å². The maximum atomic E-state index is 12.7. The van der Waals surface area contributed by atoms with Crippen molar-refractivity contribution in [1.82, 2.24) is 14.7 Å². The lowest BCUT2D eigenvalue weighted by molar-refractivity contribution is -0.895. The first-order valence-corrected chi connectivity index (χ1v) is 11.0. The normalized spacial score (nSPS) is 16.3. The molecule has 0 aliphatic carbocycles. The van der Waals surface area contributed by atoms with E-state index in [1.165, 1.54) is 10.5 Å². The molecule has 1 aromatic carbocycles. The molecular weight excluding hydrogens is 446 g/mol. The fourth-order valence-corrected chi connectivity index (χ4v) is 4.58. The first-order valence-electron chi connectivity index (χ1n) is 8.76. The van der Waals surface area contributed by atoms with Crippen LogP contribution in [-0.2, 0) is 14.8 Å². The molecule has 2 aromatic rings. The molecule has 2 N–H and O–H groups in total. The van der Waals surface area contributed by atoms with Crippen molar-refractivity contribution in [3.8, 4) is 0 Å². The molecule has 2 heterocycles. The van der Waals surface area contributed by atoms with Crippen molar-refractivity contribution in [3.63, 3.8) is 0 Å². The third-order valence-electron chi connectivity index (χ3n) is 4.38. The molecule has 0 unspecified atom stereocenters. The highest BCUT2D eigenvalue weighted by Gasteiger charge is 2.31. The molecular formula is C18H21BrN5O3S+. The lowest BCUT2D eigenvalue weighted by atomic mass is 10.3. The molecule has 0 atom stereocenters. The molecule has 0 radical (unpaired) electrons. The summed E-state index contributed by atoms with van der Waals surface area (Å²) in [6.07, 6.45) is 4.84.